The zero-order valence-corrected chi connectivity index (χ0v) is 78.3. The van der Waals surface area contributed by atoms with E-state index < -0.39 is 123 Å². The number of aromatic nitrogens is 2. The summed E-state index contributed by atoms with van der Waals surface area (Å²) >= 11 is 0.599. The van der Waals surface area contributed by atoms with Crippen LogP contribution in [0.3, 0.4) is 0 Å². The Kier molecular flexibility index (Phi) is 33.1. The molecular weight excluding hydrogens is 1870 g/mol. The SMILES string of the molecule is C=C(C(C)S(=O)(=O)Nc1cc(-c2ccccc2)ccc1C(=O)O)N(C)C.CC(=O)c1ccc(-c2ccccc2)cc1NS(=O)(=O)c1cn[nH]c1.CCC1=NC(=O)SC1S(=O)(=O)Nc1cc(-c2ccccc2)ccc1C(=O)O.Cc1cc(C(=O)O)cc(S(=O)(=O)Nc2ccc(F)c(-c3ccccc3)c2F)c1O.O=C(O)c1ccc(-c2ccccc2)cc1NS(=O)(=O)CCC1CCc2ccccc21. The summed E-state index contributed by atoms with van der Waals surface area (Å²) in [6.07, 6.45) is 5.20. The number of carbonyl (C=O) groups excluding carboxylic acids is 2. The molecule has 1 aromatic heterocycles. The van der Waals surface area contributed by atoms with E-state index in [2.05, 4.69) is 52.8 Å². The average Bonchev–Trinajstić information content (AvgIpc) is 1.73. The van der Waals surface area contributed by atoms with Crippen LogP contribution in [0.15, 0.2) is 312 Å². The smallest absolute Gasteiger partial charge is 0.337 e. The number of carbonyl (C=O) groups is 6. The lowest BCUT2D eigenvalue weighted by molar-refractivity contribution is 0.0686. The fraction of sp³-hybridized carbons (Fsp3) is 0.143. The Balaban J connectivity index is 0.000000164. The number of phenols is 1. The highest BCUT2D eigenvalue weighted by molar-refractivity contribution is 8.24. The number of thioether (sulfide) groups is 1. The number of aliphatic imine (C=N–C) groups is 1. The molecule has 0 saturated carbocycles. The average molecular weight is 1960 g/mol. The summed E-state index contributed by atoms with van der Waals surface area (Å²) in [5, 5.41) is 52.1. The highest BCUT2D eigenvalue weighted by atomic mass is 32.3. The summed E-state index contributed by atoms with van der Waals surface area (Å²) in [5.41, 5.74) is 8.70. The molecule has 0 spiro atoms. The number of benzene rings is 12. The second-order valence-corrected chi connectivity index (χ2v) is 41.2. The van der Waals surface area contributed by atoms with E-state index in [1.165, 1.54) is 86.8 Å². The Hall–Kier alpha value is -15.0. The van der Waals surface area contributed by atoms with Gasteiger partial charge in [-0.25, -0.2) is 75.0 Å². The van der Waals surface area contributed by atoms with Crippen molar-refractivity contribution >= 4 is 131 Å². The van der Waals surface area contributed by atoms with Gasteiger partial charge in [-0.1, -0.05) is 214 Å². The number of fused-ring (bicyclic) bond motifs is 1. The molecule has 38 heteroatoms. The van der Waals surface area contributed by atoms with Gasteiger partial charge >= 0.3 is 29.1 Å². The van der Waals surface area contributed by atoms with Gasteiger partial charge in [0.2, 0.25) is 20.0 Å². The third-order valence-electron chi connectivity index (χ3n) is 21.4. The fourth-order valence-electron chi connectivity index (χ4n) is 14.3. The number of hydrogen-bond donors (Lipinski definition) is 11. The number of carboxylic acids is 4. The fourth-order valence-corrected chi connectivity index (χ4v) is 21.7. The van der Waals surface area contributed by atoms with Crippen molar-refractivity contribution in [3.63, 3.8) is 0 Å². The summed E-state index contributed by atoms with van der Waals surface area (Å²) in [6.45, 7) is 9.71. The van der Waals surface area contributed by atoms with E-state index in [4.69, 9.17) is 5.11 Å². The molecule has 136 heavy (non-hydrogen) atoms. The number of halogens is 2. The van der Waals surface area contributed by atoms with Crippen LogP contribution in [0.2, 0.25) is 0 Å². The minimum absolute atomic E-state index is 0.00196. The molecule has 2 heterocycles. The van der Waals surface area contributed by atoms with Gasteiger partial charge in [0.15, 0.2) is 16.2 Å². The number of H-pyrrole nitrogens is 1. The number of ketones is 1. The highest BCUT2D eigenvalue weighted by Gasteiger charge is 2.39. The van der Waals surface area contributed by atoms with Crippen molar-refractivity contribution in [1.29, 1.82) is 0 Å². The van der Waals surface area contributed by atoms with Crippen LogP contribution in [0.4, 0.5) is 42.0 Å². The number of aromatic amines is 1. The number of rotatable bonds is 30. The number of aromatic carboxylic acids is 4. The molecule has 0 fully saturated rings. The predicted molar refractivity (Wildman–Crippen MR) is 522 cm³/mol. The molecule has 704 valence electrons. The van der Waals surface area contributed by atoms with E-state index in [0.29, 0.717) is 47.0 Å². The lowest BCUT2D eigenvalue weighted by Crippen LogP contribution is -2.32. The Morgan fingerprint density at radius 3 is 1.40 bits per heavy atom. The molecule has 30 nitrogen and oxygen atoms in total. The maximum absolute atomic E-state index is 14.9. The summed E-state index contributed by atoms with van der Waals surface area (Å²) in [6, 6.07) is 75.8. The van der Waals surface area contributed by atoms with Crippen LogP contribution in [0, 0.1) is 18.6 Å². The number of Topliss-reactive ketones (excluding diaryl/α,β-unsaturated/α-hetero) is 1. The zero-order valence-electron chi connectivity index (χ0n) is 73.4. The first-order valence-electron chi connectivity index (χ1n) is 41.4. The first-order chi connectivity index (χ1) is 64.5. The molecule has 2 aliphatic rings. The van der Waals surface area contributed by atoms with Crippen LogP contribution in [-0.4, -0.2) is 153 Å². The third-order valence-corrected chi connectivity index (χ3v) is 30.3. The molecule has 12 aromatic carbocycles. The minimum Gasteiger partial charge on any atom is -0.506 e. The number of nitrogens with zero attached hydrogens (tertiary/aromatic N) is 3. The van der Waals surface area contributed by atoms with Gasteiger partial charge in [0.05, 0.1) is 73.9 Å². The molecule has 1 amide bonds. The topological polar surface area (TPSA) is 479 Å². The van der Waals surface area contributed by atoms with Gasteiger partial charge in [0.1, 0.15) is 26.6 Å². The monoisotopic (exact) mass is 1960 g/mol. The van der Waals surface area contributed by atoms with Gasteiger partial charge in [-0.2, -0.15) is 5.10 Å². The summed E-state index contributed by atoms with van der Waals surface area (Å²) < 4.78 is 166. The molecule has 3 atom stereocenters. The van der Waals surface area contributed by atoms with Crippen molar-refractivity contribution in [2.45, 2.75) is 78.9 Å². The van der Waals surface area contributed by atoms with E-state index in [0.717, 1.165) is 70.5 Å². The van der Waals surface area contributed by atoms with Crippen LogP contribution in [0.5, 0.6) is 5.75 Å². The van der Waals surface area contributed by atoms with Crippen LogP contribution < -0.4 is 23.6 Å². The highest BCUT2D eigenvalue weighted by Crippen LogP contribution is 2.40. The van der Waals surface area contributed by atoms with Crippen molar-refractivity contribution in [3.05, 3.63) is 354 Å². The van der Waals surface area contributed by atoms with E-state index in [1.807, 2.05) is 138 Å². The first kappa shape index (κ1) is 102. The number of phenolic OH excluding ortho intramolecular Hbond substituents is 1. The Morgan fingerprint density at radius 2 is 0.956 bits per heavy atom. The second kappa shape index (κ2) is 44.3. The summed E-state index contributed by atoms with van der Waals surface area (Å²) in [4.78, 5) is 73.8. The molecule has 0 radical (unpaired) electrons. The largest absolute Gasteiger partial charge is 0.506 e. The maximum atomic E-state index is 14.9. The first-order valence-corrected chi connectivity index (χ1v) is 49.9. The van der Waals surface area contributed by atoms with Crippen LogP contribution in [0.1, 0.15) is 114 Å². The quantitative estimate of drug-likeness (QED) is 0.0186. The summed E-state index contributed by atoms with van der Waals surface area (Å²) in [5.74, 6) is -7.80. The van der Waals surface area contributed by atoms with Crippen molar-refractivity contribution in [2.75, 3.05) is 43.5 Å². The van der Waals surface area contributed by atoms with Gasteiger partial charge in [-0.15, -0.1) is 0 Å². The van der Waals surface area contributed by atoms with Gasteiger partial charge in [-0.05, 0) is 204 Å². The maximum Gasteiger partial charge on any atom is 0.337 e. The molecule has 1 aliphatic heterocycles. The van der Waals surface area contributed by atoms with Gasteiger partial charge in [-0.3, -0.25) is 38.3 Å². The molecule has 3 unspecified atom stereocenters. The predicted octanol–water partition coefficient (Wildman–Crippen LogP) is 19.2. The van der Waals surface area contributed by atoms with Crippen LogP contribution in [0.25, 0.3) is 55.6 Å². The lowest BCUT2D eigenvalue weighted by atomic mass is 9.99. The Bertz CT molecular complexity index is 7320. The van der Waals surface area contributed by atoms with Crippen molar-refractivity contribution in [3.8, 4) is 61.4 Å². The number of amides is 1. The number of aryl methyl sites for hydroxylation is 2. The number of aromatic hydroxyl groups is 1. The van der Waals surface area contributed by atoms with Crippen molar-refractivity contribution in [2.24, 2.45) is 4.99 Å². The van der Waals surface area contributed by atoms with Crippen molar-refractivity contribution in [1.82, 2.24) is 15.1 Å². The Morgan fingerprint density at radius 1 is 0.522 bits per heavy atom. The minimum atomic E-state index is -4.58. The standard InChI is InChI=1S/C24H23NO4S.C20H15F2NO5S.C19H22N2O4S.C18H16N2O5S2.C17H15N3O3S/c26-24(27)22-13-12-20(17-6-2-1-3-7-17)16-23(22)25-30(28,29)15-14-19-11-10-18-8-4-5-9-21(18)19;1-11-9-13(20(25)26)10-16(19(11)24)29(27,28)23-15-8-7-14(21)17(18(15)22)12-5-3-2-4-6-12;1-13(21(3)4)14(2)26(24,25)20-18-12-16(10-11-17(18)19(22)23)15-8-6-5-7-9-15;1-2-14-17(26-18(23)19-14)27(24,25)20-15-10-12(8-9-13(15)16(21)22)11-6-4-3-5-7-11;1-12(21)16-8-7-14(13-5-3-2-4-6-13)9-17(16)20-24(22,23)15-10-18-19-11-15/h1-9,12-13,16,19,25H,10-11,14-15H2,(H,26,27);2-10,23-24H,1H3,(H,25,26);5-12,14,20H,1H2,2-4H3,(H,22,23);3-10,17,20H,2H2,1H3,(H,21,22);2-11,20H,1H3,(H,18,19). The number of anilines is 5. The van der Waals surface area contributed by atoms with E-state index in [9.17, 15) is 100 Å². The van der Waals surface area contributed by atoms with E-state index in [1.54, 1.807) is 86.6 Å². The number of sulfonamides is 5. The number of hydrogen-bond acceptors (Lipinski definition) is 20. The molecule has 11 N–H and O–H groups in total. The van der Waals surface area contributed by atoms with Gasteiger partial charge in [0.25, 0.3) is 30.1 Å². The van der Waals surface area contributed by atoms with Crippen LogP contribution >= 0.6 is 11.8 Å². The van der Waals surface area contributed by atoms with Crippen molar-refractivity contribution < 1.29 is 105 Å². The zero-order chi connectivity index (χ0) is 98.7. The second-order valence-electron chi connectivity index (χ2n) is 30.9. The van der Waals surface area contributed by atoms with Gasteiger partial charge in [0, 0.05) is 31.6 Å². The molecule has 1 aliphatic carbocycles. The van der Waals surface area contributed by atoms with Gasteiger partial charge < -0.3 is 30.4 Å². The molecule has 0 bridgehead atoms. The Labute approximate surface area is 788 Å². The van der Waals surface area contributed by atoms with Crippen LogP contribution in [-0.2, 0) is 56.5 Å². The normalized spacial score (nSPS) is 13.5. The van der Waals surface area contributed by atoms with E-state index >= 15 is 0 Å². The molecular formula is C98H91F2N9O21S6. The molecule has 0 saturated heterocycles. The molecule has 13 aromatic rings. The molecule has 15 rings (SSSR count). The number of carboxylic acid groups (broad SMARTS) is 4. The third kappa shape index (κ3) is 25.7. The van der Waals surface area contributed by atoms with E-state index in [-0.39, 0.29) is 84.2 Å². The lowest BCUT2D eigenvalue weighted by Gasteiger charge is -2.23. The number of nitrogens with one attached hydrogen (secondary N) is 6. The summed E-state index contributed by atoms with van der Waals surface area (Å²) in [7, 11) is -16.6.